The number of hydrogen-bond acceptors (Lipinski definition) is 3. The van der Waals surface area contributed by atoms with Gasteiger partial charge in [0.2, 0.25) is 0 Å². The maximum Gasteiger partial charge on any atom is 0.314 e. The van der Waals surface area contributed by atoms with Gasteiger partial charge in [0.1, 0.15) is 0 Å². The Morgan fingerprint density at radius 2 is 1.70 bits per heavy atom. The molecule has 5 rings (SSSR count). The molecule has 8 atom stereocenters. The van der Waals surface area contributed by atoms with Crippen molar-refractivity contribution in [1.82, 2.24) is 0 Å². The van der Waals surface area contributed by atoms with E-state index in [-0.39, 0.29) is 23.6 Å². The van der Waals surface area contributed by atoms with Gasteiger partial charge in [-0.2, -0.15) is 0 Å². The fourth-order valence-electron chi connectivity index (χ4n) is 7.22. The van der Waals surface area contributed by atoms with Crippen LogP contribution < -0.4 is 0 Å². The Morgan fingerprint density at radius 1 is 1.00 bits per heavy atom. The fourth-order valence-corrected chi connectivity index (χ4v) is 7.22. The molecule has 0 spiro atoms. The van der Waals surface area contributed by atoms with Gasteiger partial charge >= 0.3 is 5.97 Å². The van der Waals surface area contributed by atoms with E-state index < -0.39 is 0 Å². The lowest BCUT2D eigenvalue weighted by Gasteiger charge is -2.38. The van der Waals surface area contributed by atoms with Gasteiger partial charge in [-0.05, 0) is 86.4 Å². The molecule has 0 radical (unpaired) electrons. The predicted octanol–water partition coefficient (Wildman–Crippen LogP) is 4.01. The van der Waals surface area contributed by atoms with Crippen molar-refractivity contribution in [2.45, 2.75) is 65.4 Å². The molecule has 0 aliphatic heterocycles. The Hall–Kier alpha value is -0.570. The monoisotopic (exact) mass is 318 g/mol. The molecule has 5 fully saturated rings. The van der Waals surface area contributed by atoms with E-state index in [4.69, 9.17) is 9.47 Å². The lowest BCUT2D eigenvalue weighted by atomic mass is 9.70. The largest absolute Gasteiger partial charge is 0.438 e. The van der Waals surface area contributed by atoms with Gasteiger partial charge in [0.05, 0.1) is 11.5 Å². The zero-order chi connectivity index (χ0) is 16.0. The quantitative estimate of drug-likeness (QED) is 0.446. The molecule has 5 saturated carbocycles. The third-order valence-electron chi connectivity index (χ3n) is 8.76. The van der Waals surface area contributed by atoms with E-state index in [2.05, 4.69) is 13.8 Å². The smallest absolute Gasteiger partial charge is 0.314 e. The summed E-state index contributed by atoms with van der Waals surface area (Å²) in [4.78, 5) is 12.3. The van der Waals surface area contributed by atoms with Gasteiger partial charge in [0.15, 0.2) is 6.79 Å². The topological polar surface area (TPSA) is 35.5 Å². The lowest BCUT2D eigenvalue weighted by Crippen LogP contribution is -2.37. The van der Waals surface area contributed by atoms with Crippen LogP contribution in [0, 0.1) is 46.3 Å². The van der Waals surface area contributed by atoms with E-state index >= 15 is 0 Å². The maximum atomic E-state index is 12.3. The minimum absolute atomic E-state index is 0.0662. The van der Waals surface area contributed by atoms with Crippen molar-refractivity contribution >= 4 is 5.97 Å². The summed E-state index contributed by atoms with van der Waals surface area (Å²) in [5.74, 6) is 5.58. The Morgan fingerprint density at radius 3 is 2.39 bits per heavy atom. The van der Waals surface area contributed by atoms with Crippen molar-refractivity contribution in [2.75, 3.05) is 6.79 Å². The average molecular weight is 318 g/mol. The first-order valence-corrected chi connectivity index (χ1v) is 9.69. The van der Waals surface area contributed by atoms with E-state index in [0.717, 1.165) is 41.9 Å². The van der Waals surface area contributed by atoms with Crippen molar-refractivity contribution in [3.05, 3.63) is 0 Å². The second kappa shape index (κ2) is 4.53. The highest BCUT2D eigenvalue weighted by Gasteiger charge is 2.64. The van der Waals surface area contributed by atoms with Crippen molar-refractivity contribution in [1.29, 1.82) is 0 Å². The van der Waals surface area contributed by atoms with Gasteiger partial charge in [0, 0.05) is 0 Å². The summed E-state index contributed by atoms with van der Waals surface area (Å²) < 4.78 is 11.6. The lowest BCUT2D eigenvalue weighted by molar-refractivity contribution is -0.172. The van der Waals surface area contributed by atoms with Gasteiger partial charge in [-0.15, -0.1) is 0 Å². The first-order chi connectivity index (χ1) is 10.9. The summed E-state index contributed by atoms with van der Waals surface area (Å²) in [6.45, 7) is 6.47. The Balaban J connectivity index is 1.16. The molecule has 0 N–H and O–H groups in total. The predicted molar refractivity (Wildman–Crippen MR) is 86.4 cm³/mol. The van der Waals surface area contributed by atoms with E-state index in [1.54, 1.807) is 0 Å². The SMILES string of the molecule is CC1(C)CC1(C)C(=O)OCOC1CC2CC1C1C3CCC(C3)C21. The zero-order valence-electron chi connectivity index (χ0n) is 14.7. The molecule has 23 heavy (non-hydrogen) atoms. The molecule has 0 aromatic heterocycles. The summed E-state index contributed by atoms with van der Waals surface area (Å²) >= 11 is 0. The van der Waals surface area contributed by atoms with Crippen molar-refractivity contribution in [2.24, 2.45) is 46.3 Å². The molecule has 3 nitrogen and oxygen atoms in total. The summed E-state index contributed by atoms with van der Waals surface area (Å²) in [5.41, 5.74) is -0.201. The van der Waals surface area contributed by atoms with Crippen LogP contribution in [0.3, 0.4) is 0 Å². The number of ether oxygens (including phenoxy) is 2. The highest BCUT2D eigenvalue weighted by molar-refractivity contribution is 5.81. The van der Waals surface area contributed by atoms with Gasteiger partial charge in [0.25, 0.3) is 0 Å². The van der Waals surface area contributed by atoms with Crippen LogP contribution in [0.4, 0.5) is 0 Å². The van der Waals surface area contributed by atoms with Gasteiger partial charge in [-0.3, -0.25) is 4.79 Å². The minimum Gasteiger partial charge on any atom is -0.438 e. The van der Waals surface area contributed by atoms with Crippen LogP contribution >= 0.6 is 0 Å². The van der Waals surface area contributed by atoms with Gasteiger partial charge < -0.3 is 9.47 Å². The maximum absolute atomic E-state index is 12.3. The molecule has 3 heteroatoms. The van der Waals surface area contributed by atoms with Crippen LogP contribution in [0.25, 0.3) is 0 Å². The average Bonchev–Trinajstić information content (AvgIpc) is 3.09. The van der Waals surface area contributed by atoms with Crippen molar-refractivity contribution < 1.29 is 14.3 Å². The normalized spacial score (nSPS) is 54.3. The molecular formula is C20H30O3. The summed E-state index contributed by atoms with van der Waals surface area (Å²) in [5, 5.41) is 0. The van der Waals surface area contributed by atoms with Crippen LogP contribution in [-0.2, 0) is 14.3 Å². The third-order valence-corrected chi connectivity index (χ3v) is 8.76. The van der Waals surface area contributed by atoms with Gasteiger partial charge in [-0.25, -0.2) is 0 Å². The van der Waals surface area contributed by atoms with Crippen LogP contribution in [0.5, 0.6) is 0 Å². The molecule has 0 aromatic carbocycles. The molecule has 128 valence electrons. The molecule has 5 aliphatic carbocycles. The van der Waals surface area contributed by atoms with E-state index in [0.29, 0.717) is 6.10 Å². The highest BCUT2D eigenvalue weighted by atomic mass is 16.7. The third kappa shape index (κ3) is 1.89. The first kappa shape index (κ1) is 14.7. The van der Waals surface area contributed by atoms with Crippen LogP contribution in [0.2, 0.25) is 0 Å². The van der Waals surface area contributed by atoms with Crippen LogP contribution in [0.1, 0.15) is 59.3 Å². The Labute approximate surface area is 139 Å². The molecule has 0 amide bonds. The molecule has 0 heterocycles. The van der Waals surface area contributed by atoms with Crippen molar-refractivity contribution in [3.8, 4) is 0 Å². The Bertz CT molecular complexity index is 541. The highest BCUT2D eigenvalue weighted by Crippen LogP contribution is 2.68. The minimum atomic E-state index is -0.291. The molecule has 0 aromatic rings. The number of fused-ring (bicyclic) bond motifs is 9. The zero-order valence-corrected chi connectivity index (χ0v) is 14.7. The fraction of sp³-hybridized carbons (Fsp3) is 0.950. The molecule has 5 aliphatic rings. The second-order valence-corrected chi connectivity index (χ2v) is 10.0. The number of esters is 1. The number of rotatable bonds is 4. The van der Waals surface area contributed by atoms with E-state index in [1.165, 1.54) is 32.1 Å². The van der Waals surface area contributed by atoms with Gasteiger partial charge in [-0.1, -0.05) is 13.8 Å². The summed E-state index contributed by atoms with van der Waals surface area (Å²) in [7, 11) is 0. The van der Waals surface area contributed by atoms with Crippen LogP contribution in [-0.4, -0.2) is 18.9 Å². The first-order valence-electron chi connectivity index (χ1n) is 9.69. The van der Waals surface area contributed by atoms with Crippen LogP contribution in [0.15, 0.2) is 0 Å². The molecule has 0 saturated heterocycles. The summed E-state index contributed by atoms with van der Waals surface area (Å²) in [6.07, 6.45) is 8.34. The molecule has 8 unspecified atom stereocenters. The number of carbonyl (C=O) groups is 1. The Kier molecular flexibility index (Phi) is 2.91. The molecule has 4 bridgehead atoms. The van der Waals surface area contributed by atoms with E-state index in [9.17, 15) is 4.79 Å². The number of carbonyl (C=O) groups excluding carboxylic acids is 1. The number of hydrogen-bond donors (Lipinski definition) is 0. The summed E-state index contributed by atoms with van der Waals surface area (Å²) in [6, 6.07) is 0. The standard InChI is InChI=1S/C20H30O3/c1-19(2)9-20(19,3)18(21)23-10-22-15-8-13-7-14(15)17-12-5-4-11(6-12)16(13)17/h11-17H,4-10H2,1-3H3. The van der Waals surface area contributed by atoms with Crippen molar-refractivity contribution in [3.63, 3.8) is 0 Å². The molecular weight excluding hydrogens is 288 g/mol. The van der Waals surface area contributed by atoms with E-state index in [1.807, 2.05) is 6.92 Å². The second-order valence-electron chi connectivity index (χ2n) is 10.0.